The minimum Gasteiger partial charge on any atom is -0.343 e. The Kier molecular flexibility index (Phi) is 4.86. The van der Waals surface area contributed by atoms with Crippen molar-refractivity contribution in [3.8, 4) is 5.69 Å². The Labute approximate surface area is 200 Å². The largest absolute Gasteiger partial charge is 0.343 e. The van der Waals surface area contributed by atoms with Gasteiger partial charge in [0.25, 0.3) is 0 Å². The van der Waals surface area contributed by atoms with E-state index in [4.69, 9.17) is 9.97 Å². The fraction of sp³-hybridized carbons (Fsp3) is 0.462. The highest BCUT2D eigenvalue weighted by atomic mass is 16.2. The number of carbonyl (C=O) groups is 1. The van der Waals surface area contributed by atoms with Crippen LogP contribution in [0.5, 0.6) is 0 Å². The summed E-state index contributed by atoms with van der Waals surface area (Å²) in [5.74, 6) is 2.23. The van der Waals surface area contributed by atoms with E-state index in [2.05, 4.69) is 59.2 Å². The monoisotopic (exact) mass is 457 g/mol. The third-order valence-electron chi connectivity index (χ3n) is 7.37. The standard InChI is InChI=1S/C26H31N7O/c1-17(2)21-14-31(3)25(34)33(21)23-9-12-27-24(29-23)30-26(10-11-26)22-15-32(16-28-22)20-6-4-5-19(13-20)18-7-8-18/h4-6,9,12-13,15-18,21H,7-8,10-11,14H2,1-3H3,(H,27,29,30)/t21-/m1/s1. The zero-order valence-electron chi connectivity index (χ0n) is 20.0. The van der Waals surface area contributed by atoms with Gasteiger partial charge in [-0.25, -0.2) is 14.8 Å². The maximum absolute atomic E-state index is 12.8. The Morgan fingerprint density at radius 3 is 2.71 bits per heavy atom. The van der Waals surface area contributed by atoms with Gasteiger partial charge in [-0.15, -0.1) is 0 Å². The van der Waals surface area contributed by atoms with E-state index in [9.17, 15) is 4.79 Å². The number of imidazole rings is 1. The topological polar surface area (TPSA) is 79.2 Å². The van der Waals surface area contributed by atoms with Crippen LogP contribution in [0.3, 0.4) is 0 Å². The third kappa shape index (κ3) is 3.71. The highest BCUT2D eigenvalue weighted by molar-refractivity contribution is 5.94. The number of hydrogen-bond donors (Lipinski definition) is 1. The highest BCUT2D eigenvalue weighted by Crippen LogP contribution is 2.47. The maximum Gasteiger partial charge on any atom is 0.325 e. The molecule has 176 valence electrons. The molecular formula is C26H31N7O. The average Bonchev–Trinajstić information content (AvgIpc) is 3.75. The first-order chi connectivity index (χ1) is 16.4. The predicted molar refractivity (Wildman–Crippen MR) is 131 cm³/mol. The molecule has 2 aromatic heterocycles. The van der Waals surface area contributed by atoms with Gasteiger partial charge in [0, 0.05) is 31.7 Å². The van der Waals surface area contributed by atoms with Crippen LogP contribution >= 0.6 is 0 Å². The van der Waals surface area contributed by atoms with Gasteiger partial charge in [-0.05, 0) is 61.3 Å². The molecule has 3 fully saturated rings. The van der Waals surface area contributed by atoms with Gasteiger partial charge < -0.3 is 14.8 Å². The number of aromatic nitrogens is 4. The Morgan fingerprint density at radius 1 is 1.15 bits per heavy atom. The molecule has 3 heterocycles. The summed E-state index contributed by atoms with van der Waals surface area (Å²) >= 11 is 0. The number of benzene rings is 1. The lowest BCUT2D eigenvalue weighted by Crippen LogP contribution is -2.38. The van der Waals surface area contributed by atoms with Crippen molar-refractivity contribution >= 4 is 17.8 Å². The van der Waals surface area contributed by atoms with Crippen LogP contribution in [0.15, 0.2) is 49.1 Å². The minimum absolute atomic E-state index is 0.0170. The fourth-order valence-electron chi connectivity index (χ4n) is 4.94. The summed E-state index contributed by atoms with van der Waals surface area (Å²) in [4.78, 5) is 30.3. The first-order valence-electron chi connectivity index (χ1n) is 12.2. The average molecular weight is 458 g/mol. The van der Waals surface area contributed by atoms with Crippen molar-refractivity contribution in [2.75, 3.05) is 23.8 Å². The summed E-state index contributed by atoms with van der Waals surface area (Å²) in [6.07, 6.45) is 10.3. The van der Waals surface area contributed by atoms with E-state index in [1.165, 1.54) is 18.4 Å². The second-order valence-electron chi connectivity index (χ2n) is 10.3. The van der Waals surface area contributed by atoms with Crippen molar-refractivity contribution in [3.05, 3.63) is 60.3 Å². The summed E-state index contributed by atoms with van der Waals surface area (Å²) in [6, 6.07) is 10.7. The molecule has 3 aliphatic rings. The Morgan fingerprint density at radius 2 is 1.97 bits per heavy atom. The zero-order chi connectivity index (χ0) is 23.4. The number of likely N-dealkylation sites (N-methyl/N-ethyl adjacent to an activating group) is 1. The third-order valence-corrected chi connectivity index (χ3v) is 7.37. The van der Waals surface area contributed by atoms with E-state index in [1.54, 1.807) is 16.0 Å². The van der Waals surface area contributed by atoms with E-state index < -0.39 is 0 Å². The molecule has 0 unspecified atom stereocenters. The number of amides is 2. The summed E-state index contributed by atoms with van der Waals surface area (Å²) in [6.45, 7) is 4.98. The molecule has 8 heteroatoms. The van der Waals surface area contributed by atoms with Crippen molar-refractivity contribution in [2.45, 2.75) is 57.0 Å². The van der Waals surface area contributed by atoms with Crippen LogP contribution in [0.4, 0.5) is 16.6 Å². The second kappa shape index (κ2) is 7.82. The molecule has 2 saturated carbocycles. The SMILES string of the molecule is CC(C)[C@H]1CN(C)C(=O)N1c1ccnc(NC2(c3cn(-c4cccc(C5CC5)c4)cn3)CC2)n1. The van der Waals surface area contributed by atoms with Crippen LogP contribution in [0.25, 0.3) is 5.69 Å². The van der Waals surface area contributed by atoms with Gasteiger partial charge in [-0.1, -0.05) is 26.0 Å². The number of hydrogen-bond acceptors (Lipinski definition) is 5. The molecule has 1 atom stereocenters. The normalized spacial score (nSPS) is 21.4. The number of carbonyl (C=O) groups excluding carboxylic acids is 1. The van der Waals surface area contributed by atoms with Crippen molar-refractivity contribution in [1.82, 2.24) is 24.4 Å². The molecule has 1 N–H and O–H groups in total. The van der Waals surface area contributed by atoms with E-state index in [1.807, 2.05) is 19.4 Å². The smallest absolute Gasteiger partial charge is 0.325 e. The van der Waals surface area contributed by atoms with Gasteiger partial charge in [0.2, 0.25) is 5.95 Å². The summed E-state index contributed by atoms with van der Waals surface area (Å²) in [5, 5.41) is 3.53. The molecule has 2 amide bonds. The van der Waals surface area contributed by atoms with E-state index >= 15 is 0 Å². The molecule has 34 heavy (non-hydrogen) atoms. The molecule has 1 aliphatic heterocycles. The molecular weight excluding hydrogens is 426 g/mol. The van der Waals surface area contributed by atoms with Crippen LogP contribution in [0.2, 0.25) is 0 Å². The van der Waals surface area contributed by atoms with Gasteiger partial charge in [0.1, 0.15) is 5.82 Å². The lowest BCUT2D eigenvalue weighted by molar-refractivity contribution is 0.229. The number of urea groups is 1. The van der Waals surface area contributed by atoms with Crippen LogP contribution in [0.1, 0.15) is 56.7 Å². The number of nitrogens with one attached hydrogen (secondary N) is 1. The molecule has 8 nitrogen and oxygen atoms in total. The first-order valence-corrected chi connectivity index (χ1v) is 12.2. The fourth-order valence-corrected chi connectivity index (χ4v) is 4.94. The van der Waals surface area contributed by atoms with Crippen LogP contribution in [0, 0.1) is 5.92 Å². The quantitative estimate of drug-likeness (QED) is 0.564. The van der Waals surface area contributed by atoms with Crippen molar-refractivity contribution in [3.63, 3.8) is 0 Å². The Hall–Kier alpha value is -3.42. The Balaban J connectivity index is 1.23. The second-order valence-corrected chi connectivity index (χ2v) is 10.3. The van der Waals surface area contributed by atoms with Crippen molar-refractivity contribution < 1.29 is 4.79 Å². The van der Waals surface area contributed by atoms with Crippen molar-refractivity contribution in [2.24, 2.45) is 5.92 Å². The van der Waals surface area contributed by atoms with Crippen LogP contribution in [-0.2, 0) is 5.54 Å². The number of rotatable bonds is 7. The lowest BCUT2D eigenvalue weighted by Gasteiger charge is -2.25. The lowest BCUT2D eigenvalue weighted by atomic mass is 10.0. The van der Waals surface area contributed by atoms with Crippen molar-refractivity contribution in [1.29, 1.82) is 0 Å². The first kappa shape index (κ1) is 21.1. The molecule has 3 aromatic rings. The summed E-state index contributed by atoms with van der Waals surface area (Å²) in [5.41, 5.74) is 3.30. The number of nitrogens with zero attached hydrogens (tertiary/aromatic N) is 6. The molecule has 0 spiro atoms. The van der Waals surface area contributed by atoms with Gasteiger partial charge in [-0.3, -0.25) is 4.90 Å². The minimum atomic E-state index is -0.263. The number of anilines is 2. The van der Waals surface area contributed by atoms with Gasteiger partial charge in [0.15, 0.2) is 0 Å². The molecule has 6 rings (SSSR count). The van der Waals surface area contributed by atoms with E-state index in [0.29, 0.717) is 24.2 Å². The van der Waals surface area contributed by atoms with Crippen LogP contribution in [-0.4, -0.2) is 50.1 Å². The summed E-state index contributed by atoms with van der Waals surface area (Å²) < 4.78 is 2.10. The molecule has 2 aliphatic carbocycles. The van der Waals surface area contributed by atoms with Gasteiger partial charge in [-0.2, -0.15) is 4.98 Å². The van der Waals surface area contributed by atoms with Gasteiger partial charge >= 0.3 is 6.03 Å². The maximum atomic E-state index is 12.8. The predicted octanol–water partition coefficient (Wildman–Crippen LogP) is 4.54. The van der Waals surface area contributed by atoms with Gasteiger partial charge in [0.05, 0.1) is 23.6 Å². The molecule has 1 aromatic carbocycles. The molecule has 1 saturated heterocycles. The molecule has 0 radical (unpaired) electrons. The van der Waals surface area contributed by atoms with Crippen LogP contribution < -0.4 is 10.2 Å². The molecule has 0 bridgehead atoms. The Bertz CT molecular complexity index is 1230. The highest BCUT2D eigenvalue weighted by Gasteiger charge is 2.47. The van der Waals surface area contributed by atoms with E-state index in [-0.39, 0.29) is 17.6 Å². The van der Waals surface area contributed by atoms with E-state index in [0.717, 1.165) is 30.1 Å². The zero-order valence-corrected chi connectivity index (χ0v) is 20.0. The summed E-state index contributed by atoms with van der Waals surface area (Å²) in [7, 11) is 1.84.